The molecule has 0 heterocycles. The van der Waals surface area contributed by atoms with Crippen LogP contribution in [0.2, 0.25) is 0 Å². The molecule has 0 radical (unpaired) electrons. The quantitative estimate of drug-likeness (QED) is 0.694. The number of para-hydroxylation sites is 1. The highest BCUT2D eigenvalue weighted by molar-refractivity contribution is 7.80. The summed E-state index contributed by atoms with van der Waals surface area (Å²) in [7, 11) is 4.11. The van der Waals surface area contributed by atoms with E-state index < -0.39 is 5.91 Å². The Hall–Kier alpha value is -2.60. The van der Waals surface area contributed by atoms with Crippen molar-refractivity contribution in [3.63, 3.8) is 0 Å². The predicted molar refractivity (Wildman–Crippen MR) is 108 cm³/mol. The Bertz CT molecular complexity index is 757. The van der Waals surface area contributed by atoms with Crippen LogP contribution in [0.3, 0.4) is 0 Å². The smallest absolute Gasteiger partial charge is 0.248 e. The number of amides is 1. The second-order valence-electron chi connectivity index (χ2n) is 6.05. The van der Waals surface area contributed by atoms with E-state index in [1.54, 1.807) is 24.3 Å². The minimum absolute atomic E-state index is 0.442. The molecule has 0 saturated carbocycles. The standard InChI is InChI=1S/C19H24N4OS/c1-13-5-4-6-14(17(13)23(2)3)11-12-21-19(25)22-16-9-7-15(8-10-16)18(20)24/h4-10H,11-12H2,1-3H3,(H2,20,24)(H2,21,22,25). The number of hydrogen-bond donors (Lipinski definition) is 3. The summed E-state index contributed by atoms with van der Waals surface area (Å²) in [5, 5.41) is 6.86. The van der Waals surface area contributed by atoms with Crippen LogP contribution in [0.1, 0.15) is 21.5 Å². The van der Waals surface area contributed by atoms with E-state index in [1.165, 1.54) is 16.8 Å². The van der Waals surface area contributed by atoms with Crippen LogP contribution in [0, 0.1) is 6.92 Å². The number of nitrogens with one attached hydrogen (secondary N) is 2. The van der Waals surface area contributed by atoms with Gasteiger partial charge >= 0.3 is 0 Å². The number of carbonyl (C=O) groups excluding carboxylic acids is 1. The Morgan fingerprint density at radius 3 is 2.44 bits per heavy atom. The fourth-order valence-corrected chi connectivity index (χ4v) is 2.99. The van der Waals surface area contributed by atoms with Crippen LogP contribution in [-0.2, 0) is 6.42 Å². The van der Waals surface area contributed by atoms with Crippen LogP contribution in [0.25, 0.3) is 0 Å². The maximum Gasteiger partial charge on any atom is 0.248 e. The molecule has 0 unspecified atom stereocenters. The molecular weight excluding hydrogens is 332 g/mol. The third-order valence-corrected chi connectivity index (χ3v) is 4.12. The second-order valence-corrected chi connectivity index (χ2v) is 6.46. The van der Waals surface area contributed by atoms with Crippen molar-refractivity contribution in [2.75, 3.05) is 30.9 Å². The zero-order valence-corrected chi connectivity index (χ0v) is 15.6. The SMILES string of the molecule is Cc1cccc(CCNC(=S)Nc2ccc(C(N)=O)cc2)c1N(C)C. The molecule has 0 aliphatic rings. The van der Waals surface area contributed by atoms with Crippen molar-refractivity contribution in [2.24, 2.45) is 5.73 Å². The number of benzene rings is 2. The Kier molecular flexibility index (Phi) is 6.36. The molecule has 2 rings (SSSR count). The lowest BCUT2D eigenvalue weighted by Gasteiger charge is -2.20. The Labute approximate surface area is 154 Å². The number of primary amides is 1. The van der Waals surface area contributed by atoms with Gasteiger partial charge in [-0.25, -0.2) is 0 Å². The van der Waals surface area contributed by atoms with Crippen LogP contribution in [0.4, 0.5) is 11.4 Å². The molecule has 0 fully saturated rings. The summed E-state index contributed by atoms with van der Waals surface area (Å²) >= 11 is 5.32. The summed E-state index contributed by atoms with van der Waals surface area (Å²) < 4.78 is 0. The summed E-state index contributed by atoms with van der Waals surface area (Å²) in [5.74, 6) is -0.442. The van der Waals surface area contributed by atoms with Gasteiger partial charge in [0.1, 0.15) is 0 Å². The first-order valence-corrected chi connectivity index (χ1v) is 8.50. The highest BCUT2D eigenvalue weighted by atomic mass is 32.1. The fourth-order valence-electron chi connectivity index (χ4n) is 2.77. The molecule has 25 heavy (non-hydrogen) atoms. The summed E-state index contributed by atoms with van der Waals surface area (Å²) in [6, 6.07) is 13.2. The molecule has 1 amide bonds. The van der Waals surface area contributed by atoms with E-state index in [2.05, 4.69) is 54.8 Å². The topological polar surface area (TPSA) is 70.4 Å². The summed E-state index contributed by atoms with van der Waals surface area (Å²) in [5.41, 5.74) is 10.3. The van der Waals surface area contributed by atoms with Gasteiger partial charge in [-0.2, -0.15) is 0 Å². The molecule has 0 spiro atoms. The van der Waals surface area contributed by atoms with Gasteiger partial charge in [-0.15, -0.1) is 0 Å². The number of aryl methyl sites for hydroxylation is 1. The molecule has 0 aliphatic heterocycles. The number of rotatable bonds is 6. The van der Waals surface area contributed by atoms with Gasteiger partial charge in [-0.1, -0.05) is 18.2 Å². The van der Waals surface area contributed by atoms with Crippen LogP contribution in [0.5, 0.6) is 0 Å². The van der Waals surface area contributed by atoms with Crippen molar-refractivity contribution in [3.05, 3.63) is 59.2 Å². The Morgan fingerprint density at radius 2 is 1.84 bits per heavy atom. The number of anilines is 2. The van der Waals surface area contributed by atoms with Crippen molar-refractivity contribution in [1.29, 1.82) is 0 Å². The maximum absolute atomic E-state index is 11.1. The lowest BCUT2D eigenvalue weighted by Crippen LogP contribution is -2.30. The first-order chi connectivity index (χ1) is 11.9. The van der Waals surface area contributed by atoms with Crippen LogP contribution in [-0.4, -0.2) is 31.7 Å². The third-order valence-electron chi connectivity index (χ3n) is 3.88. The molecule has 0 atom stereocenters. The van der Waals surface area contributed by atoms with E-state index in [0.717, 1.165) is 18.7 Å². The van der Waals surface area contributed by atoms with Gasteiger partial charge < -0.3 is 21.3 Å². The van der Waals surface area contributed by atoms with Crippen LogP contribution < -0.4 is 21.3 Å². The zero-order valence-electron chi connectivity index (χ0n) is 14.8. The van der Waals surface area contributed by atoms with Gasteiger partial charge in [0.05, 0.1) is 0 Å². The molecule has 4 N–H and O–H groups in total. The average Bonchev–Trinajstić information content (AvgIpc) is 2.55. The Morgan fingerprint density at radius 1 is 1.16 bits per heavy atom. The van der Waals surface area contributed by atoms with Crippen molar-refractivity contribution in [1.82, 2.24) is 5.32 Å². The molecule has 2 aromatic rings. The normalized spacial score (nSPS) is 10.2. The molecule has 0 saturated heterocycles. The molecular formula is C19H24N4OS. The largest absolute Gasteiger partial charge is 0.377 e. The highest BCUT2D eigenvalue weighted by Gasteiger charge is 2.07. The Balaban J connectivity index is 1.89. The van der Waals surface area contributed by atoms with E-state index in [-0.39, 0.29) is 0 Å². The van der Waals surface area contributed by atoms with Gasteiger partial charge in [-0.05, 0) is 61.0 Å². The molecule has 5 nitrogen and oxygen atoms in total. The lowest BCUT2D eigenvalue weighted by molar-refractivity contribution is 0.100. The molecule has 0 aromatic heterocycles. The zero-order chi connectivity index (χ0) is 18.4. The summed E-state index contributed by atoms with van der Waals surface area (Å²) in [4.78, 5) is 13.2. The van der Waals surface area contributed by atoms with Crippen molar-refractivity contribution < 1.29 is 4.79 Å². The molecule has 2 aromatic carbocycles. The van der Waals surface area contributed by atoms with Gasteiger partial charge in [0, 0.05) is 37.6 Å². The monoisotopic (exact) mass is 356 g/mol. The van der Waals surface area contributed by atoms with E-state index >= 15 is 0 Å². The van der Waals surface area contributed by atoms with E-state index in [4.69, 9.17) is 18.0 Å². The number of thiocarbonyl (C=S) groups is 1. The average molecular weight is 356 g/mol. The maximum atomic E-state index is 11.1. The third kappa shape index (κ3) is 5.19. The van der Waals surface area contributed by atoms with Gasteiger partial charge in [0.15, 0.2) is 5.11 Å². The molecule has 0 aliphatic carbocycles. The number of nitrogens with two attached hydrogens (primary N) is 1. The summed E-state index contributed by atoms with van der Waals surface area (Å²) in [6.45, 7) is 2.85. The van der Waals surface area contributed by atoms with Gasteiger partial charge in [-0.3, -0.25) is 4.79 Å². The number of hydrogen-bond acceptors (Lipinski definition) is 3. The lowest BCUT2D eigenvalue weighted by atomic mass is 10.0. The van der Waals surface area contributed by atoms with Gasteiger partial charge in [0.2, 0.25) is 5.91 Å². The minimum atomic E-state index is -0.442. The first kappa shape index (κ1) is 18.7. The molecule has 0 bridgehead atoms. The van der Waals surface area contributed by atoms with Gasteiger partial charge in [0.25, 0.3) is 0 Å². The minimum Gasteiger partial charge on any atom is -0.377 e. The highest BCUT2D eigenvalue weighted by Crippen LogP contribution is 2.23. The number of nitrogens with zero attached hydrogens (tertiary/aromatic N) is 1. The fraction of sp³-hybridized carbons (Fsp3) is 0.263. The van der Waals surface area contributed by atoms with Crippen molar-refractivity contribution in [2.45, 2.75) is 13.3 Å². The number of carbonyl (C=O) groups is 1. The van der Waals surface area contributed by atoms with E-state index in [1.807, 2.05) is 0 Å². The second kappa shape index (κ2) is 8.48. The van der Waals surface area contributed by atoms with Crippen molar-refractivity contribution in [3.8, 4) is 0 Å². The molecule has 6 heteroatoms. The van der Waals surface area contributed by atoms with Crippen molar-refractivity contribution >= 4 is 34.6 Å². The van der Waals surface area contributed by atoms with Crippen LogP contribution in [0.15, 0.2) is 42.5 Å². The predicted octanol–water partition coefficient (Wildman–Crippen LogP) is 2.69. The summed E-state index contributed by atoms with van der Waals surface area (Å²) in [6.07, 6.45) is 0.873. The first-order valence-electron chi connectivity index (χ1n) is 8.09. The molecule has 132 valence electrons. The van der Waals surface area contributed by atoms with Crippen LogP contribution >= 0.6 is 12.2 Å². The van der Waals surface area contributed by atoms with E-state index in [9.17, 15) is 4.79 Å². The van der Waals surface area contributed by atoms with E-state index in [0.29, 0.717) is 10.7 Å².